The van der Waals surface area contributed by atoms with Crippen molar-refractivity contribution >= 4 is 5.91 Å². The first kappa shape index (κ1) is 16.4. The molecule has 0 aromatic carbocycles. The molecular weight excluding hydrogens is 220 g/mol. The first-order chi connectivity index (χ1) is 8.00. The van der Waals surface area contributed by atoms with Crippen LogP contribution in [0.4, 0.5) is 0 Å². The number of carbonyl (C=O) groups excluding carboxylic acids is 1. The van der Waals surface area contributed by atoms with Crippen LogP contribution in [0.3, 0.4) is 0 Å². The van der Waals surface area contributed by atoms with Crippen molar-refractivity contribution in [3.05, 3.63) is 0 Å². The smallest absolute Gasteiger partial charge is 0.239 e. The zero-order chi connectivity index (χ0) is 13.3. The molecule has 0 aromatic rings. The van der Waals surface area contributed by atoms with E-state index in [1.807, 2.05) is 13.8 Å². The molecule has 1 amide bonds. The van der Waals surface area contributed by atoms with Crippen molar-refractivity contribution in [2.75, 3.05) is 40.5 Å². The van der Waals surface area contributed by atoms with Crippen molar-refractivity contribution in [3.8, 4) is 0 Å². The van der Waals surface area contributed by atoms with E-state index in [1.165, 1.54) is 0 Å². The highest BCUT2D eigenvalue weighted by Gasteiger charge is 2.20. The molecule has 0 saturated carbocycles. The molecule has 0 saturated heterocycles. The summed E-state index contributed by atoms with van der Waals surface area (Å²) in [6, 6.07) is -0.423. The maximum Gasteiger partial charge on any atom is 0.239 e. The fourth-order valence-electron chi connectivity index (χ4n) is 1.26. The highest BCUT2D eigenvalue weighted by Crippen LogP contribution is 2.01. The molecule has 0 heterocycles. The standard InChI is InChI=1S/C12H26N2O3/c1-10(2)11(13)12(15)14(3)6-9-17-8-5-7-16-4/h10-11H,5-9,13H2,1-4H3/t11-/m0/s1. The monoisotopic (exact) mass is 246 g/mol. The molecule has 5 heteroatoms. The quantitative estimate of drug-likeness (QED) is 0.601. The summed E-state index contributed by atoms with van der Waals surface area (Å²) < 4.78 is 10.3. The second kappa shape index (κ2) is 9.39. The van der Waals surface area contributed by atoms with Crippen LogP contribution in [-0.4, -0.2) is 57.4 Å². The molecule has 0 spiro atoms. The molecule has 0 fully saturated rings. The summed E-state index contributed by atoms with van der Waals surface area (Å²) in [7, 11) is 3.42. The Bertz CT molecular complexity index is 210. The van der Waals surface area contributed by atoms with Gasteiger partial charge in [-0.15, -0.1) is 0 Å². The van der Waals surface area contributed by atoms with E-state index in [-0.39, 0.29) is 11.8 Å². The third kappa shape index (κ3) is 7.31. The highest BCUT2D eigenvalue weighted by molar-refractivity contribution is 5.81. The molecule has 102 valence electrons. The van der Waals surface area contributed by atoms with Crippen LogP contribution in [0, 0.1) is 5.92 Å². The largest absolute Gasteiger partial charge is 0.385 e. The van der Waals surface area contributed by atoms with Crippen LogP contribution in [-0.2, 0) is 14.3 Å². The fourth-order valence-corrected chi connectivity index (χ4v) is 1.26. The van der Waals surface area contributed by atoms with Crippen molar-refractivity contribution in [2.45, 2.75) is 26.3 Å². The van der Waals surface area contributed by atoms with E-state index >= 15 is 0 Å². The molecule has 0 bridgehead atoms. The second-order valence-electron chi connectivity index (χ2n) is 4.49. The summed E-state index contributed by atoms with van der Waals surface area (Å²) in [5.74, 6) is 0.132. The topological polar surface area (TPSA) is 64.8 Å². The van der Waals surface area contributed by atoms with E-state index in [9.17, 15) is 4.79 Å². The summed E-state index contributed by atoms with van der Waals surface area (Å²) in [6.45, 7) is 6.36. The van der Waals surface area contributed by atoms with Crippen LogP contribution < -0.4 is 5.73 Å². The molecule has 0 radical (unpaired) electrons. The summed E-state index contributed by atoms with van der Waals surface area (Å²) in [4.78, 5) is 13.4. The first-order valence-electron chi connectivity index (χ1n) is 6.08. The van der Waals surface area contributed by atoms with Crippen LogP contribution in [0.5, 0.6) is 0 Å². The van der Waals surface area contributed by atoms with Gasteiger partial charge in [-0.3, -0.25) is 4.79 Å². The highest BCUT2D eigenvalue weighted by atomic mass is 16.5. The van der Waals surface area contributed by atoms with E-state index in [1.54, 1.807) is 19.1 Å². The van der Waals surface area contributed by atoms with Crippen LogP contribution in [0.25, 0.3) is 0 Å². The minimum Gasteiger partial charge on any atom is -0.385 e. The number of nitrogens with zero attached hydrogens (tertiary/aromatic N) is 1. The minimum absolute atomic E-state index is 0.0273. The molecule has 0 aliphatic rings. The summed E-state index contributed by atoms with van der Waals surface area (Å²) in [5, 5.41) is 0. The van der Waals surface area contributed by atoms with Crippen LogP contribution >= 0.6 is 0 Å². The predicted molar refractivity (Wildman–Crippen MR) is 67.8 cm³/mol. The molecule has 2 N–H and O–H groups in total. The van der Waals surface area contributed by atoms with Gasteiger partial charge in [0.2, 0.25) is 5.91 Å². The lowest BCUT2D eigenvalue weighted by Gasteiger charge is -2.23. The van der Waals surface area contributed by atoms with Crippen molar-refractivity contribution in [2.24, 2.45) is 11.7 Å². The molecule has 5 nitrogen and oxygen atoms in total. The van der Waals surface area contributed by atoms with Gasteiger partial charge in [0.25, 0.3) is 0 Å². The number of hydrogen-bond donors (Lipinski definition) is 1. The van der Waals surface area contributed by atoms with Gasteiger partial charge >= 0.3 is 0 Å². The molecule has 0 aliphatic heterocycles. The summed E-state index contributed by atoms with van der Waals surface area (Å²) >= 11 is 0. The Labute approximate surface area is 104 Å². The number of ether oxygens (including phenoxy) is 2. The van der Waals surface area contributed by atoms with E-state index in [0.29, 0.717) is 26.4 Å². The summed E-state index contributed by atoms with van der Waals surface area (Å²) in [6.07, 6.45) is 0.875. The lowest BCUT2D eigenvalue weighted by Crippen LogP contribution is -2.45. The molecular formula is C12H26N2O3. The van der Waals surface area contributed by atoms with Gasteiger partial charge in [0, 0.05) is 33.9 Å². The van der Waals surface area contributed by atoms with Gasteiger partial charge in [0.1, 0.15) is 0 Å². The minimum atomic E-state index is -0.423. The number of methoxy groups -OCH3 is 1. The van der Waals surface area contributed by atoms with Gasteiger partial charge in [-0.25, -0.2) is 0 Å². The Morgan fingerprint density at radius 3 is 2.47 bits per heavy atom. The number of carbonyl (C=O) groups is 1. The number of rotatable bonds is 9. The van der Waals surface area contributed by atoms with Crippen LogP contribution in [0.15, 0.2) is 0 Å². The van der Waals surface area contributed by atoms with Crippen molar-refractivity contribution in [1.82, 2.24) is 4.90 Å². The molecule has 0 rings (SSSR count). The Kier molecular flexibility index (Phi) is 9.03. The third-order valence-electron chi connectivity index (χ3n) is 2.59. The van der Waals surface area contributed by atoms with Gasteiger partial charge in [-0.2, -0.15) is 0 Å². The van der Waals surface area contributed by atoms with E-state index in [4.69, 9.17) is 15.2 Å². The number of amides is 1. The van der Waals surface area contributed by atoms with E-state index < -0.39 is 6.04 Å². The molecule has 0 aromatic heterocycles. The zero-order valence-electron chi connectivity index (χ0n) is 11.4. The Hall–Kier alpha value is -0.650. The third-order valence-corrected chi connectivity index (χ3v) is 2.59. The maximum atomic E-state index is 11.8. The molecule has 0 unspecified atom stereocenters. The lowest BCUT2D eigenvalue weighted by atomic mass is 10.0. The molecule has 0 aliphatic carbocycles. The molecule has 17 heavy (non-hydrogen) atoms. The summed E-state index contributed by atoms with van der Waals surface area (Å²) in [5.41, 5.74) is 5.78. The maximum absolute atomic E-state index is 11.8. The van der Waals surface area contributed by atoms with Crippen molar-refractivity contribution in [3.63, 3.8) is 0 Å². The SMILES string of the molecule is COCCCOCCN(C)C(=O)[C@@H](N)C(C)C. The van der Waals surface area contributed by atoms with Gasteiger partial charge in [-0.05, 0) is 12.3 Å². The fraction of sp³-hybridized carbons (Fsp3) is 0.917. The van der Waals surface area contributed by atoms with Gasteiger partial charge in [-0.1, -0.05) is 13.8 Å². The normalized spacial score (nSPS) is 12.8. The Morgan fingerprint density at radius 1 is 1.29 bits per heavy atom. The zero-order valence-corrected chi connectivity index (χ0v) is 11.4. The lowest BCUT2D eigenvalue weighted by molar-refractivity contribution is -0.132. The number of hydrogen-bond acceptors (Lipinski definition) is 4. The van der Waals surface area contributed by atoms with Crippen molar-refractivity contribution < 1.29 is 14.3 Å². The van der Waals surface area contributed by atoms with Gasteiger partial charge in [0.05, 0.1) is 12.6 Å². The van der Waals surface area contributed by atoms with E-state index in [2.05, 4.69) is 0 Å². The van der Waals surface area contributed by atoms with Crippen molar-refractivity contribution in [1.29, 1.82) is 0 Å². The number of nitrogens with two attached hydrogens (primary N) is 1. The Morgan fingerprint density at radius 2 is 1.94 bits per heavy atom. The first-order valence-corrected chi connectivity index (χ1v) is 6.08. The van der Waals surface area contributed by atoms with E-state index in [0.717, 1.165) is 6.42 Å². The average Bonchev–Trinajstić information content (AvgIpc) is 2.31. The average molecular weight is 246 g/mol. The number of likely N-dealkylation sites (N-methyl/N-ethyl adjacent to an activating group) is 1. The second-order valence-corrected chi connectivity index (χ2v) is 4.49. The van der Waals surface area contributed by atoms with Gasteiger partial charge < -0.3 is 20.1 Å². The molecule has 1 atom stereocenters. The van der Waals surface area contributed by atoms with Crippen LogP contribution in [0.2, 0.25) is 0 Å². The Balaban J connectivity index is 3.64. The van der Waals surface area contributed by atoms with Crippen LogP contribution in [0.1, 0.15) is 20.3 Å². The predicted octanol–water partition coefficient (Wildman–Crippen LogP) is 0.481. The van der Waals surface area contributed by atoms with Gasteiger partial charge in [0.15, 0.2) is 0 Å².